The van der Waals surface area contributed by atoms with Gasteiger partial charge in [-0.05, 0) is 55.0 Å². The van der Waals surface area contributed by atoms with Crippen molar-refractivity contribution in [1.82, 2.24) is 9.97 Å². The number of nitrogens with zero attached hydrogens (tertiary/aromatic N) is 2. The Labute approximate surface area is 203 Å². The van der Waals surface area contributed by atoms with Gasteiger partial charge in [-0.25, -0.2) is 0 Å². The van der Waals surface area contributed by atoms with Crippen LogP contribution in [0.1, 0.15) is 0 Å². The third kappa shape index (κ3) is 4.94. The van der Waals surface area contributed by atoms with Gasteiger partial charge in [-0.2, -0.15) is 0 Å². The molecule has 4 aromatic carbocycles. The molecule has 31 heavy (non-hydrogen) atoms. The second kappa shape index (κ2) is 10.1. The average Bonchev–Trinajstić information content (AvgIpc) is 3.36. The Morgan fingerprint density at radius 1 is 0.613 bits per heavy atom. The second-order valence-corrected chi connectivity index (χ2v) is 11.7. The van der Waals surface area contributed by atoms with Crippen molar-refractivity contribution in [2.24, 2.45) is 0 Å². The van der Waals surface area contributed by atoms with Crippen molar-refractivity contribution < 1.29 is 16.5 Å². The maximum atomic E-state index is 7.51. The smallest absolute Gasteiger partial charge is 0.0307 e. The standard InChI is InChI=1S/2C11H7N2S.2ClH.Pt/c2*12-11-13-10-8-4-2-1-3-7(8)5-6-9(10)14-11;;;/h2*1-6H,(H-,12,13);2*1H;/q2*-1;;;+4/p-2. The van der Waals surface area contributed by atoms with Gasteiger partial charge in [0.1, 0.15) is 0 Å². The van der Waals surface area contributed by atoms with Crippen molar-refractivity contribution >= 4 is 93.8 Å². The van der Waals surface area contributed by atoms with Crippen molar-refractivity contribution in [3.05, 3.63) is 84.3 Å². The number of hydrogen-bond donors (Lipinski definition) is 0. The molecule has 0 saturated carbocycles. The molecule has 4 nitrogen and oxygen atoms in total. The molecule has 0 unspecified atom stereocenters. The molecule has 0 aliphatic carbocycles. The summed E-state index contributed by atoms with van der Waals surface area (Å²) in [6.45, 7) is 0. The zero-order valence-electron chi connectivity index (χ0n) is 15.7. The molecular weight excluding hydrogens is 650 g/mol. The van der Waals surface area contributed by atoms with Crippen LogP contribution in [0.4, 0.5) is 10.3 Å². The molecule has 6 rings (SSSR count). The fourth-order valence-corrected chi connectivity index (χ4v) is 4.79. The normalized spacial score (nSPS) is 10.8. The number of halogens is 2. The van der Waals surface area contributed by atoms with Crippen LogP contribution >= 0.6 is 41.5 Å². The number of thiazole rings is 2. The van der Waals surface area contributed by atoms with Gasteiger partial charge in [0.25, 0.3) is 0 Å². The van der Waals surface area contributed by atoms with Crippen LogP contribution < -0.4 is 0 Å². The van der Waals surface area contributed by atoms with E-state index in [0.717, 1.165) is 31.2 Å². The molecule has 0 bridgehead atoms. The maximum absolute atomic E-state index is 7.51. The Balaban J connectivity index is 0.000000133. The number of fused-ring (bicyclic) bond motifs is 6. The van der Waals surface area contributed by atoms with E-state index in [1.54, 1.807) is 0 Å². The van der Waals surface area contributed by atoms with Gasteiger partial charge in [-0.15, -0.1) is 22.7 Å². The number of nitrogens with one attached hydrogen (secondary N) is 2. The minimum Gasteiger partial charge on any atom is -0.473 e. The minimum absolute atomic E-state index is 0.386. The van der Waals surface area contributed by atoms with Crippen LogP contribution in [0.2, 0.25) is 0 Å². The molecule has 9 heteroatoms. The van der Waals surface area contributed by atoms with Crippen molar-refractivity contribution in [2.45, 2.75) is 0 Å². The Hall–Kier alpha value is -1.95. The van der Waals surface area contributed by atoms with Crippen molar-refractivity contribution in [3.63, 3.8) is 0 Å². The SMILES string of the molecule is [Cl][Pt+2][Cl].[NH-]c1nc2c(ccc3ccccc32)s1.[NH-]c1nc2c(ccc3ccccc32)s1. The first-order chi connectivity index (χ1) is 15.1. The van der Waals surface area contributed by atoms with E-state index >= 15 is 0 Å². The third-order valence-corrected chi connectivity index (χ3v) is 6.24. The minimum atomic E-state index is -0.472. The summed E-state index contributed by atoms with van der Waals surface area (Å²) in [5.41, 5.74) is 16.9. The first kappa shape index (κ1) is 22.2. The molecule has 2 heterocycles. The van der Waals surface area contributed by atoms with Gasteiger partial charge < -0.3 is 21.4 Å². The quantitative estimate of drug-likeness (QED) is 0.162. The molecule has 0 spiro atoms. The summed E-state index contributed by atoms with van der Waals surface area (Å²) in [5, 5.41) is 5.42. The van der Waals surface area contributed by atoms with E-state index in [4.69, 9.17) is 30.3 Å². The maximum Gasteiger partial charge on any atom is 0.0307 e. The van der Waals surface area contributed by atoms with E-state index in [0.29, 0.717) is 10.3 Å². The van der Waals surface area contributed by atoms with E-state index in [9.17, 15) is 0 Å². The first-order valence-corrected chi connectivity index (χ1v) is 16.2. The van der Waals surface area contributed by atoms with Crippen LogP contribution in [0.5, 0.6) is 0 Å². The molecule has 0 radical (unpaired) electrons. The zero-order valence-corrected chi connectivity index (χ0v) is 21.1. The summed E-state index contributed by atoms with van der Waals surface area (Å²) < 4.78 is 2.18. The number of hydrogen-bond acceptors (Lipinski definition) is 4. The van der Waals surface area contributed by atoms with Gasteiger partial charge in [0, 0.05) is 9.40 Å². The molecule has 0 atom stereocenters. The van der Waals surface area contributed by atoms with Crippen LogP contribution in [0, 0.1) is 0 Å². The van der Waals surface area contributed by atoms with Gasteiger partial charge in [0.15, 0.2) is 0 Å². The zero-order chi connectivity index (χ0) is 21.8. The van der Waals surface area contributed by atoms with Crippen LogP contribution in [-0.4, -0.2) is 9.97 Å². The van der Waals surface area contributed by atoms with Crippen LogP contribution in [0.15, 0.2) is 72.8 Å². The summed E-state index contributed by atoms with van der Waals surface area (Å²) in [7, 11) is 9.75. The molecule has 0 saturated heterocycles. The Bertz CT molecular complexity index is 1370. The fourth-order valence-electron chi connectivity index (χ4n) is 3.32. The predicted molar refractivity (Wildman–Crippen MR) is 134 cm³/mol. The fraction of sp³-hybridized carbons (Fsp3) is 0. The number of aromatic nitrogens is 2. The van der Waals surface area contributed by atoms with Crippen LogP contribution in [-0.2, 0) is 16.5 Å². The Morgan fingerprint density at radius 3 is 1.42 bits per heavy atom. The molecule has 0 aliphatic heterocycles. The largest absolute Gasteiger partial charge is 0.473 e. The van der Waals surface area contributed by atoms with E-state index in [1.807, 2.05) is 36.4 Å². The first-order valence-electron chi connectivity index (χ1n) is 8.93. The van der Waals surface area contributed by atoms with Gasteiger partial charge in [-0.3, -0.25) is 0 Å². The summed E-state index contributed by atoms with van der Waals surface area (Å²) in [6.07, 6.45) is 0. The Kier molecular flexibility index (Phi) is 7.26. The van der Waals surface area contributed by atoms with E-state index in [1.165, 1.54) is 33.4 Å². The van der Waals surface area contributed by atoms with Gasteiger partial charge in [0.2, 0.25) is 0 Å². The molecule has 2 N–H and O–H groups in total. The van der Waals surface area contributed by atoms with Crippen LogP contribution in [0.3, 0.4) is 0 Å². The summed E-state index contributed by atoms with van der Waals surface area (Å²) in [4.78, 5) is 8.45. The van der Waals surface area contributed by atoms with Crippen molar-refractivity contribution in [3.8, 4) is 0 Å². The molecule has 0 fully saturated rings. The third-order valence-electron chi connectivity index (χ3n) is 4.57. The number of rotatable bonds is 0. The molecule has 6 aromatic rings. The molecule has 0 aliphatic rings. The molecule has 0 amide bonds. The second-order valence-electron chi connectivity index (χ2n) is 6.35. The van der Waals surface area contributed by atoms with Crippen molar-refractivity contribution in [1.29, 1.82) is 0 Å². The summed E-state index contributed by atoms with van der Waals surface area (Å²) >= 11 is 2.37. The Morgan fingerprint density at radius 2 is 1.00 bits per heavy atom. The average molecular weight is 665 g/mol. The topological polar surface area (TPSA) is 73.4 Å². The summed E-state index contributed by atoms with van der Waals surface area (Å²) in [5.74, 6) is 0. The predicted octanol–water partition coefficient (Wildman–Crippen LogP) is 9.64. The monoisotopic (exact) mass is 663 g/mol. The summed E-state index contributed by atoms with van der Waals surface area (Å²) in [6, 6.07) is 24.5. The van der Waals surface area contributed by atoms with E-state index in [2.05, 4.69) is 46.4 Å². The van der Waals surface area contributed by atoms with Gasteiger partial charge in [-0.1, -0.05) is 60.7 Å². The molecular formula is C22H14Cl2N4PtS2. The van der Waals surface area contributed by atoms with E-state index < -0.39 is 16.5 Å². The molecule has 2 aromatic heterocycles. The van der Waals surface area contributed by atoms with Crippen molar-refractivity contribution in [2.75, 3.05) is 0 Å². The number of benzene rings is 4. The van der Waals surface area contributed by atoms with Crippen LogP contribution in [0.25, 0.3) is 53.4 Å². The van der Waals surface area contributed by atoms with E-state index in [-0.39, 0.29) is 0 Å². The molecule has 158 valence electrons. The van der Waals surface area contributed by atoms with Gasteiger partial charge in [0.05, 0.1) is 0 Å². The van der Waals surface area contributed by atoms with Gasteiger partial charge >= 0.3 is 35.3 Å².